The monoisotopic (exact) mass is 425 g/mol. The molecule has 0 aliphatic carbocycles. The maximum atomic E-state index is 13.5. The van der Waals surface area contributed by atoms with Gasteiger partial charge in [-0.2, -0.15) is 0 Å². The van der Waals surface area contributed by atoms with Gasteiger partial charge in [0.15, 0.2) is 10.8 Å². The Kier molecular flexibility index (Phi) is 5.84. The van der Waals surface area contributed by atoms with Gasteiger partial charge in [0.1, 0.15) is 5.75 Å². The summed E-state index contributed by atoms with van der Waals surface area (Å²) in [5, 5.41) is 1.19. The van der Waals surface area contributed by atoms with Gasteiger partial charge >= 0.3 is 0 Å². The van der Waals surface area contributed by atoms with Crippen LogP contribution in [0.15, 0.2) is 40.3 Å². The number of methoxy groups -OCH3 is 1. The number of hydrogen-bond donors (Lipinski definition) is 0. The van der Waals surface area contributed by atoms with Crippen molar-refractivity contribution >= 4 is 22.8 Å². The highest BCUT2D eigenvalue weighted by atomic mass is 32.2. The number of benzene rings is 1. The van der Waals surface area contributed by atoms with E-state index in [1.165, 1.54) is 0 Å². The Bertz CT molecular complexity index is 1120. The highest BCUT2D eigenvalue weighted by Crippen LogP contribution is 2.29. The Hall–Kier alpha value is -2.38. The fourth-order valence-corrected chi connectivity index (χ4v) is 4.63. The molecule has 0 spiro atoms. The van der Waals surface area contributed by atoms with Crippen LogP contribution in [0.5, 0.6) is 5.75 Å². The summed E-state index contributed by atoms with van der Waals surface area (Å²) in [4.78, 5) is 23.2. The van der Waals surface area contributed by atoms with E-state index >= 15 is 0 Å². The molecule has 7 heteroatoms. The summed E-state index contributed by atoms with van der Waals surface area (Å²) >= 11 is 1.60. The van der Waals surface area contributed by atoms with Gasteiger partial charge in [-0.3, -0.25) is 9.36 Å². The van der Waals surface area contributed by atoms with Crippen molar-refractivity contribution in [3.63, 3.8) is 0 Å². The Morgan fingerprint density at radius 2 is 2.00 bits per heavy atom. The lowest BCUT2D eigenvalue weighted by Gasteiger charge is -2.31. The van der Waals surface area contributed by atoms with Gasteiger partial charge in [0.2, 0.25) is 0 Å². The number of hydrogen-bond acceptors (Lipinski definition) is 6. The van der Waals surface area contributed by atoms with E-state index in [0.29, 0.717) is 29.2 Å². The van der Waals surface area contributed by atoms with Gasteiger partial charge in [-0.25, -0.2) is 9.97 Å². The summed E-state index contributed by atoms with van der Waals surface area (Å²) in [6.45, 7) is 6.73. The molecule has 3 aromatic rings. The van der Waals surface area contributed by atoms with Crippen LogP contribution in [0.2, 0.25) is 0 Å². The van der Waals surface area contributed by atoms with Crippen molar-refractivity contribution in [2.24, 2.45) is 0 Å². The standard InChI is InChI=1S/C23H27N3O3S/c1-5-6-11-30-22-25-20-18(12-15-14-29-23(2,3)13-19(15)24-20)21(27)26(22)16-7-9-17(28-4)10-8-16/h7-10,12H,5-6,11,13-14H2,1-4H3. The number of pyridine rings is 1. The molecule has 30 heavy (non-hydrogen) atoms. The van der Waals surface area contributed by atoms with Gasteiger partial charge < -0.3 is 9.47 Å². The van der Waals surface area contributed by atoms with Crippen molar-refractivity contribution in [3.8, 4) is 11.4 Å². The van der Waals surface area contributed by atoms with Gasteiger partial charge in [0.05, 0.1) is 36.1 Å². The van der Waals surface area contributed by atoms with Crippen molar-refractivity contribution in [1.29, 1.82) is 0 Å². The molecule has 6 nitrogen and oxygen atoms in total. The van der Waals surface area contributed by atoms with Crippen LogP contribution < -0.4 is 10.3 Å². The van der Waals surface area contributed by atoms with E-state index in [2.05, 4.69) is 20.8 Å². The highest BCUT2D eigenvalue weighted by Gasteiger charge is 2.28. The van der Waals surface area contributed by atoms with Crippen LogP contribution in [-0.4, -0.2) is 33.0 Å². The van der Waals surface area contributed by atoms with Crippen LogP contribution >= 0.6 is 11.8 Å². The van der Waals surface area contributed by atoms with Gasteiger partial charge in [0, 0.05) is 17.7 Å². The molecule has 158 valence electrons. The Balaban J connectivity index is 1.88. The van der Waals surface area contributed by atoms with E-state index in [9.17, 15) is 4.79 Å². The fraction of sp³-hybridized carbons (Fsp3) is 0.435. The van der Waals surface area contributed by atoms with Crippen LogP contribution in [0, 0.1) is 0 Å². The van der Waals surface area contributed by atoms with Gasteiger partial charge in [0.25, 0.3) is 5.56 Å². The molecule has 0 bridgehead atoms. The van der Waals surface area contributed by atoms with Gasteiger partial charge in [-0.05, 0) is 50.6 Å². The van der Waals surface area contributed by atoms with E-state index < -0.39 is 0 Å². The second-order valence-electron chi connectivity index (χ2n) is 8.13. The number of unbranched alkanes of at least 4 members (excludes halogenated alkanes) is 1. The van der Waals surface area contributed by atoms with Crippen molar-refractivity contribution in [2.75, 3.05) is 12.9 Å². The zero-order chi connectivity index (χ0) is 21.3. The molecule has 1 aliphatic rings. The molecule has 0 atom stereocenters. The molecule has 4 rings (SSSR count). The number of rotatable bonds is 6. The molecule has 0 saturated carbocycles. The molecule has 0 saturated heterocycles. The smallest absolute Gasteiger partial charge is 0.268 e. The number of thioether (sulfide) groups is 1. The fourth-order valence-electron chi connectivity index (χ4n) is 3.54. The lowest BCUT2D eigenvalue weighted by molar-refractivity contribution is -0.0411. The van der Waals surface area contributed by atoms with E-state index in [0.717, 1.165) is 41.3 Å². The molecular weight excluding hydrogens is 398 g/mol. The molecule has 1 aliphatic heterocycles. The summed E-state index contributed by atoms with van der Waals surface area (Å²) in [6.07, 6.45) is 2.86. The van der Waals surface area contributed by atoms with Crippen LogP contribution in [0.1, 0.15) is 44.9 Å². The maximum Gasteiger partial charge on any atom is 0.268 e. The van der Waals surface area contributed by atoms with Crippen molar-refractivity contribution in [3.05, 3.63) is 51.9 Å². The maximum absolute atomic E-state index is 13.5. The van der Waals surface area contributed by atoms with Crippen molar-refractivity contribution < 1.29 is 9.47 Å². The van der Waals surface area contributed by atoms with Crippen molar-refractivity contribution in [1.82, 2.24) is 14.5 Å². The molecule has 1 aromatic carbocycles. The third-order valence-corrected chi connectivity index (χ3v) is 6.29. The summed E-state index contributed by atoms with van der Waals surface area (Å²) in [5.74, 6) is 1.65. The minimum atomic E-state index is -0.259. The lowest BCUT2D eigenvalue weighted by Crippen LogP contribution is -2.33. The van der Waals surface area contributed by atoms with E-state index in [4.69, 9.17) is 19.4 Å². The third-order valence-electron chi connectivity index (χ3n) is 5.27. The average molecular weight is 426 g/mol. The largest absolute Gasteiger partial charge is 0.497 e. The second-order valence-corrected chi connectivity index (χ2v) is 9.19. The van der Waals surface area contributed by atoms with Gasteiger partial charge in [-0.15, -0.1) is 0 Å². The SMILES string of the molecule is CCCCSc1nc2nc3c(cc2c(=O)n1-c1ccc(OC)cc1)COC(C)(C)C3. The normalized spacial score (nSPS) is 15.2. The van der Waals surface area contributed by atoms with Crippen LogP contribution in [0.4, 0.5) is 0 Å². The molecule has 0 N–H and O–H groups in total. The molecule has 2 aromatic heterocycles. The zero-order valence-electron chi connectivity index (χ0n) is 17.9. The number of fused-ring (bicyclic) bond motifs is 2. The molecule has 0 fully saturated rings. The summed E-state index contributed by atoms with van der Waals surface area (Å²) in [7, 11) is 1.63. The summed E-state index contributed by atoms with van der Waals surface area (Å²) in [6, 6.07) is 9.38. The first kappa shape index (κ1) is 20.9. The summed E-state index contributed by atoms with van der Waals surface area (Å²) in [5.41, 5.74) is 2.85. The molecule has 3 heterocycles. The first-order valence-electron chi connectivity index (χ1n) is 10.3. The minimum Gasteiger partial charge on any atom is -0.497 e. The van der Waals surface area contributed by atoms with Crippen molar-refractivity contribution in [2.45, 2.75) is 57.4 Å². The minimum absolute atomic E-state index is 0.107. The van der Waals surface area contributed by atoms with Crippen LogP contribution in [-0.2, 0) is 17.8 Å². The average Bonchev–Trinajstić information content (AvgIpc) is 2.73. The Morgan fingerprint density at radius 1 is 1.23 bits per heavy atom. The van der Waals surface area contributed by atoms with E-state index in [1.807, 2.05) is 30.3 Å². The van der Waals surface area contributed by atoms with E-state index in [1.54, 1.807) is 23.4 Å². The molecular formula is C23H27N3O3S. The number of aromatic nitrogens is 3. The first-order valence-corrected chi connectivity index (χ1v) is 11.3. The molecule has 0 radical (unpaired) electrons. The predicted octanol–water partition coefficient (Wildman–Crippen LogP) is 4.53. The third kappa shape index (κ3) is 4.09. The van der Waals surface area contributed by atoms with Gasteiger partial charge in [-0.1, -0.05) is 25.1 Å². The second kappa shape index (κ2) is 8.40. The predicted molar refractivity (Wildman–Crippen MR) is 120 cm³/mol. The lowest BCUT2D eigenvalue weighted by atomic mass is 9.95. The first-order chi connectivity index (χ1) is 14.4. The highest BCUT2D eigenvalue weighted by molar-refractivity contribution is 7.99. The number of nitrogens with zero attached hydrogens (tertiary/aromatic N) is 3. The van der Waals surface area contributed by atoms with Crippen LogP contribution in [0.3, 0.4) is 0 Å². The molecule has 0 amide bonds. The Morgan fingerprint density at radius 3 is 2.70 bits per heavy atom. The van der Waals surface area contributed by atoms with Crippen LogP contribution in [0.25, 0.3) is 16.7 Å². The quantitative estimate of drug-likeness (QED) is 0.328. The number of ether oxygens (including phenoxy) is 2. The topological polar surface area (TPSA) is 66.2 Å². The Labute approximate surface area is 180 Å². The molecule has 0 unspecified atom stereocenters. The zero-order valence-corrected chi connectivity index (χ0v) is 18.7. The van der Waals surface area contributed by atoms with E-state index in [-0.39, 0.29) is 11.2 Å². The summed E-state index contributed by atoms with van der Waals surface area (Å²) < 4.78 is 12.9.